The number of benzene rings is 1. The highest BCUT2D eigenvalue weighted by atomic mass is 16.7. The Morgan fingerprint density at radius 1 is 1.21 bits per heavy atom. The smallest absolute Gasteiger partial charge is 0.270 e. The highest BCUT2D eigenvalue weighted by molar-refractivity contribution is 5.92. The minimum Gasteiger partial charge on any atom is -0.454 e. The highest BCUT2D eigenvalue weighted by Crippen LogP contribution is 2.34. The van der Waals surface area contributed by atoms with Gasteiger partial charge in [-0.05, 0) is 24.6 Å². The minimum absolute atomic E-state index is 0.192. The van der Waals surface area contributed by atoms with E-state index in [0.29, 0.717) is 29.7 Å². The standard InChI is InChI=1S/C17H20N4O3/c1-2-3-4-8-18-16(22)13-7-9-19-17(21-13)20-12-5-6-14-15(10-12)24-11-23-14/h5-7,9-10H,2-4,8,11H2,1H3,(H,18,22)(H,19,20,21). The largest absolute Gasteiger partial charge is 0.454 e. The van der Waals surface area contributed by atoms with Crippen molar-refractivity contribution in [2.24, 2.45) is 0 Å². The molecular weight excluding hydrogens is 308 g/mol. The number of nitrogens with one attached hydrogen (secondary N) is 2. The number of fused-ring (bicyclic) bond motifs is 1. The second-order valence-electron chi connectivity index (χ2n) is 5.42. The number of amides is 1. The Labute approximate surface area is 140 Å². The van der Waals surface area contributed by atoms with Crippen molar-refractivity contribution >= 4 is 17.5 Å². The maximum Gasteiger partial charge on any atom is 0.270 e. The second kappa shape index (κ2) is 7.63. The zero-order valence-electron chi connectivity index (χ0n) is 13.5. The van der Waals surface area contributed by atoms with Crippen molar-refractivity contribution in [3.8, 4) is 11.5 Å². The maximum absolute atomic E-state index is 12.1. The molecule has 0 spiro atoms. The molecule has 2 heterocycles. The van der Waals surface area contributed by atoms with E-state index >= 15 is 0 Å². The molecule has 126 valence electrons. The zero-order valence-corrected chi connectivity index (χ0v) is 13.5. The van der Waals surface area contributed by atoms with Gasteiger partial charge in [0.1, 0.15) is 5.69 Å². The van der Waals surface area contributed by atoms with E-state index in [-0.39, 0.29) is 12.7 Å². The molecule has 0 saturated carbocycles. The van der Waals surface area contributed by atoms with Crippen molar-refractivity contribution in [3.05, 3.63) is 36.2 Å². The predicted molar refractivity (Wildman–Crippen MR) is 89.7 cm³/mol. The lowest BCUT2D eigenvalue weighted by Gasteiger charge is -2.08. The summed E-state index contributed by atoms with van der Waals surface area (Å²) < 4.78 is 10.6. The number of carbonyl (C=O) groups excluding carboxylic acids is 1. The van der Waals surface area contributed by atoms with Crippen LogP contribution in [0.5, 0.6) is 11.5 Å². The van der Waals surface area contributed by atoms with Gasteiger partial charge >= 0.3 is 0 Å². The van der Waals surface area contributed by atoms with Gasteiger partial charge < -0.3 is 20.1 Å². The molecule has 1 aromatic carbocycles. The van der Waals surface area contributed by atoms with Crippen molar-refractivity contribution in [2.75, 3.05) is 18.7 Å². The summed E-state index contributed by atoms with van der Waals surface area (Å²) in [6.07, 6.45) is 4.74. The number of carbonyl (C=O) groups is 1. The van der Waals surface area contributed by atoms with E-state index in [9.17, 15) is 4.79 Å². The van der Waals surface area contributed by atoms with Gasteiger partial charge in [-0.15, -0.1) is 0 Å². The molecule has 0 saturated heterocycles. The average molecular weight is 328 g/mol. The quantitative estimate of drug-likeness (QED) is 0.760. The number of ether oxygens (including phenoxy) is 2. The normalized spacial score (nSPS) is 12.0. The summed E-state index contributed by atoms with van der Waals surface area (Å²) in [5.74, 6) is 1.55. The lowest BCUT2D eigenvalue weighted by Crippen LogP contribution is -2.25. The molecule has 7 nitrogen and oxygen atoms in total. The zero-order chi connectivity index (χ0) is 16.8. The molecule has 1 aromatic heterocycles. The number of hydrogen-bond donors (Lipinski definition) is 2. The summed E-state index contributed by atoms with van der Waals surface area (Å²) in [4.78, 5) is 20.5. The molecule has 0 aliphatic carbocycles. The van der Waals surface area contributed by atoms with Gasteiger partial charge in [0.05, 0.1) is 0 Å². The molecule has 0 fully saturated rings. The number of unbranched alkanes of at least 4 members (excludes halogenated alkanes) is 2. The third-order valence-electron chi connectivity index (χ3n) is 3.58. The average Bonchev–Trinajstić information content (AvgIpc) is 3.06. The Kier molecular flexibility index (Phi) is 5.10. The first kappa shape index (κ1) is 16.0. The topological polar surface area (TPSA) is 85.4 Å². The first-order valence-electron chi connectivity index (χ1n) is 8.04. The van der Waals surface area contributed by atoms with E-state index in [1.165, 1.54) is 0 Å². The number of hydrogen-bond acceptors (Lipinski definition) is 6. The summed E-state index contributed by atoms with van der Waals surface area (Å²) in [5, 5.41) is 5.93. The highest BCUT2D eigenvalue weighted by Gasteiger charge is 2.14. The first-order chi connectivity index (χ1) is 11.8. The van der Waals surface area contributed by atoms with Gasteiger partial charge in [0.25, 0.3) is 5.91 Å². The fourth-order valence-corrected chi connectivity index (χ4v) is 2.32. The molecule has 0 radical (unpaired) electrons. The van der Waals surface area contributed by atoms with E-state index < -0.39 is 0 Å². The molecule has 7 heteroatoms. The second-order valence-corrected chi connectivity index (χ2v) is 5.42. The fourth-order valence-electron chi connectivity index (χ4n) is 2.32. The van der Waals surface area contributed by atoms with Crippen LogP contribution in [-0.4, -0.2) is 29.2 Å². The molecule has 3 rings (SSSR count). The number of nitrogens with zero attached hydrogens (tertiary/aromatic N) is 2. The molecule has 1 aliphatic rings. The molecule has 1 amide bonds. The van der Waals surface area contributed by atoms with Crippen LogP contribution >= 0.6 is 0 Å². The Morgan fingerprint density at radius 3 is 2.96 bits per heavy atom. The molecule has 0 atom stereocenters. The van der Waals surface area contributed by atoms with Crippen molar-refractivity contribution < 1.29 is 14.3 Å². The van der Waals surface area contributed by atoms with Crippen LogP contribution < -0.4 is 20.1 Å². The number of rotatable bonds is 7. The van der Waals surface area contributed by atoms with Crippen molar-refractivity contribution in [2.45, 2.75) is 26.2 Å². The Morgan fingerprint density at radius 2 is 2.08 bits per heavy atom. The van der Waals surface area contributed by atoms with Crippen molar-refractivity contribution in [1.82, 2.24) is 15.3 Å². The van der Waals surface area contributed by atoms with Crippen LogP contribution in [0.2, 0.25) is 0 Å². The van der Waals surface area contributed by atoms with Gasteiger partial charge in [-0.2, -0.15) is 0 Å². The molecule has 1 aliphatic heterocycles. The van der Waals surface area contributed by atoms with Gasteiger partial charge in [-0.1, -0.05) is 19.8 Å². The molecule has 0 bridgehead atoms. The fraction of sp³-hybridized carbons (Fsp3) is 0.353. The van der Waals surface area contributed by atoms with Gasteiger partial charge in [0, 0.05) is 24.5 Å². The van der Waals surface area contributed by atoms with Crippen molar-refractivity contribution in [1.29, 1.82) is 0 Å². The Bertz CT molecular complexity index is 721. The third-order valence-corrected chi connectivity index (χ3v) is 3.58. The van der Waals surface area contributed by atoms with Crippen LogP contribution in [0, 0.1) is 0 Å². The number of aromatic nitrogens is 2. The predicted octanol–water partition coefficient (Wildman–Crippen LogP) is 2.87. The van der Waals surface area contributed by atoms with Gasteiger partial charge in [-0.3, -0.25) is 4.79 Å². The SMILES string of the molecule is CCCCCNC(=O)c1ccnc(Nc2ccc3c(c2)OCO3)n1. The van der Waals surface area contributed by atoms with Crippen LogP contribution in [0.1, 0.15) is 36.7 Å². The molecule has 2 N–H and O–H groups in total. The Hall–Kier alpha value is -2.83. The van der Waals surface area contributed by atoms with Crippen LogP contribution in [0.15, 0.2) is 30.5 Å². The monoisotopic (exact) mass is 328 g/mol. The summed E-state index contributed by atoms with van der Waals surface area (Å²) in [6.45, 7) is 3.00. The van der Waals surface area contributed by atoms with Gasteiger partial charge in [0.2, 0.25) is 12.7 Å². The Balaban J connectivity index is 1.63. The van der Waals surface area contributed by atoms with Crippen LogP contribution in [0.25, 0.3) is 0 Å². The van der Waals surface area contributed by atoms with E-state index in [0.717, 1.165) is 24.9 Å². The molecule has 0 unspecified atom stereocenters. The van der Waals surface area contributed by atoms with Crippen LogP contribution in [-0.2, 0) is 0 Å². The van der Waals surface area contributed by atoms with Gasteiger partial charge in [0.15, 0.2) is 11.5 Å². The van der Waals surface area contributed by atoms with E-state index in [1.54, 1.807) is 12.3 Å². The molecule has 24 heavy (non-hydrogen) atoms. The van der Waals surface area contributed by atoms with E-state index in [4.69, 9.17) is 9.47 Å². The van der Waals surface area contributed by atoms with Gasteiger partial charge in [-0.25, -0.2) is 9.97 Å². The van der Waals surface area contributed by atoms with Crippen molar-refractivity contribution in [3.63, 3.8) is 0 Å². The summed E-state index contributed by atoms with van der Waals surface area (Å²) >= 11 is 0. The first-order valence-corrected chi connectivity index (χ1v) is 8.04. The van der Waals surface area contributed by atoms with E-state index in [2.05, 4.69) is 27.5 Å². The lowest BCUT2D eigenvalue weighted by molar-refractivity contribution is 0.0948. The minimum atomic E-state index is -0.192. The molecule has 2 aromatic rings. The third kappa shape index (κ3) is 3.92. The van der Waals surface area contributed by atoms with Crippen LogP contribution in [0.3, 0.4) is 0 Å². The van der Waals surface area contributed by atoms with E-state index in [1.807, 2.05) is 18.2 Å². The lowest BCUT2D eigenvalue weighted by atomic mass is 10.2. The van der Waals surface area contributed by atoms with Crippen LogP contribution in [0.4, 0.5) is 11.6 Å². The maximum atomic E-state index is 12.1. The summed E-state index contributed by atoms with van der Waals surface area (Å²) in [7, 11) is 0. The summed E-state index contributed by atoms with van der Waals surface area (Å²) in [6, 6.07) is 7.06. The molecular formula is C17H20N4O3. The summed E-state index contributed by atoms with van der Waals surface area (Å²) in [5.41, 5.74) is 1.10. The number of anilines is 2.